The fraction of sp³-hybridized carbons (Fsp3) is 0.364. The summed E-state index contributed by atoms with van der Waals surface area (Å²) < 4.78 is 33.7. The lowest BCUT2D eigenvalue weighted by atomic mass is 10.3. The molecule has 2 N–H and O–H groups in total. The zero-order valence-electron chi connectivity index (χ0n) is 10.2. The fourth-order valence-electron chi connectivity index (χ4n) is 1.56. The Balaban J connectivity index is 2.31. The third kappa shape index (κ3) is 2.80. The zero-order chi connectivity index (χ0) is 13.2. The largest absolute Gasteiger partial charge is 0.439 e. The predicted molar refractivity (Wildman–Crippen MR) is 69.6 cm³/mol. The summed E-state index contributed by atoms with van der Waals surface area (Å²) in [7, 11) is -3.57. The van der Waals surface area contributed by atoms with E-state index >= 15 is 0 Å². The van der Waals surface area contributed by atoms with Crippen molar-refractivity contribution in [2.24, 2.45) is 0 Å². The Morgan fingerprint density at radius 2 is 2.17 bits per heavy atom. The molecule has 1 aromatic carbocycles. The van der Waals surface area contributed by atoms with E-state index < -0.39 is 10.2 Å². The van der Waals surface area contributed by atoms with Crippen molar-refractivity contribution < 1.29 is 12.8 Å². The highest BCUT2D eigenvalue weighted by Crippen LogP contribution is 2.24. The molecule has 1 aromatic heterocycles. The van der Waals surface area contributed by atoms with E-state index in [-0.39, 0.29) is 0 Å². The molecule has 0 bridgehead atoms. The highest BCUT2D eigenvalue weighted by Gasteiger charge is 2.13. The van der Waals surface area contributed by atoms with Crippen molar-refractivity contribution in [3.63, 3.8) is 0 Å². The molecular formula is C11H15N3O3S. The van der Waals surface area contributed by atoms with Crippen molar-refractivity contribution in [1.82, 2.24) is 9.71 Å². The zero-order valence-corrected chi connectivity index (χ0v) is 11.0. The number of para-hydroxylation sites is 1. The van der Waals surface area contributed by atoms with Crippen molar-refractivity contribution in [2.45, 2.75) is 20.3 Å². The molecule has 6 nitrogen and oxygen atoms in total. The number of nitrogens with one attached hydrogen (secondary N) is 2. The highest BCUT2D eigenvalue weighted by molar-refractivity contribution is 7.90. The minimum Gasteiger partial charge on any atom is -0.439 e. The van der Waals surface area contributed by atoms with Gasteiger partial charge in [-0.3, -0.25) is 4.72 Å². The Bertz CT molecular complexity index is 649. The van der Waals surface area contributed by atoms with Crippen molar-refractivity contribution in [3.8, 4) is 0 Å². The van der Waals surface area contributed by atoms with E-state index in [0.717, 1.165) is 6.42 Å². The second kappa shape index (κ2) is 4.95. The molecule has 18 heavy (non-hydrogen) atoms. The maximum atomic E-state index is 11.7. The van der Waals surface area contributed by atoms with E-state index in [2.05, 4.69) is 14.4 Å². The number of aromatic nitrogens is 1. The topological polar surface area (TPSA) is 84.2 Å². The Labute approximate surface area is 106 Å². The minimum absolute atomic E-state index is 0.386. The number of oxazole rings is 1. The standard InChI is InChI=1S/C11H15N3O3S/c1-3-7-12-18(15,16)14-10-6-4-5-9-11(10)17-8(2)13-9/h4-6,12,14H,3,7H2,1-2H3. The van der Waals surface area contributed by atoms with Crippen molar-refractivity contribution in [1.29, 1.82) is 0 Å². The van der Waals surface area contributed by atoms with Crippen LogP contribution in [0.25, 0.3) is 11.1 Å². The Morgan fingerprint density at radius 3 is 2.89 bits per heavy atom. The Morgan fingerprint density at radius 1 is 1.39 bits per heavy atom. The van der Waals surface area contributed by atoms with Crippen molar-refractivity contribution in [3.05, 3.63) is 24.1 Å². The summed E-state index contributed by atoms with van der Waals surface area (Å²) in [6.07, 6.45) is 0.729. The summed E-state index contributed by atoms with van der Waals surface area (Å²) in [6, 6.07) is 5.13. The smallest absolute Gasteiger partial charge is 0.299 e. The van der Waals surface area contributed by atoms with Crippen LogP contribution < -0.4 is 9.44 Å². The van der Waals surface area contributed by atoms with Gasteiger partial charge in [-0.05, 0) is 18.6 Å². The van der Waals surface area contributed by atoms with Crippen LogP contribution in [-0.2, 0) is 10.2 Å². The fourth-order valence-corrected chi connectivity index (χ4v) is 2.55. The summed E-state index contributed by atoms with van der Waals surface area (Å²) in [4.78, 5) is 4.14. The molecule has 0 aliphatic carbocycles. The van der Waals surface area contributed by atoms with Crippen molar-refractivity contribution in [2.75, 3.05) is 11.3 Å². The van der Waals surface area contributed by atoms with Gasteiger partial charge in [-0.15, -0.1) is 0 Å². The number of fused-ring (bicyclic) bond motifs is 1. The van der Waals surface area contributed by atoms with Gasteiger partial charge < -0.3 is 4.42 Å². The van der Waals surface area contributed by atoms with Gasteiger partial charge in [-0.25, -0.2) is 4.98 Å². The molecular weight excluding hydrogens is 254 g/mol. The summed E-state index contributed by atoms with van der Waals surface area (Å²) in [5.41, 5.74) is 1.46. The molecule has 0 spiro atoms. The number of nitrogens with zero attached hydrogens (tertiary/aromatic N) is 1. The molecule has 2 rings (SSSR count). The molecule has 0 atom stereocenters. The summed E-state index contributed by atoms with van der Waals surface area (Å²) >= 11 is 0. The Hall–Kier alpha value is -1.60. The number of hydrogen-bond acceptors (Lipinski definition) is 4. The maximum Gasteiger partial charge on any atom is 0.299 e. The van der Waals surface area contributed by atoms with Gasteiger partial charge in [-0.2, -0.15) is 13.1 Å². The molecule has 0 fully saturated rings. The first-order valence-corrected chi connectivity index (χ1v) is 7.13. The summed E-state index contributed by atoms with van der Waals surface area (Å²) in [5, 5.41) is 0. The average Bonchev–Trinajstić information content (AvgIpc) is 2.68. The molecule has 0 aliphatic rings. The third-order valence-corrected chi connectivity index (χ3v) is 3.38. The SMILES string of the molecule is CCCNS(=O)(=O)Nc1cccc2nc(C)oc12. The van der Waals surface area contributed by atoms with Gasteiger partial charge in [0.2, 0.25) is 0 Å². The summed E-state index contributed by atoms with van der Waals surface area (Å²) in [5.74, 6) is 0.498. The lowest BCUT2D eigenvalue weighted by molar-refractivity contribution is 0.561. The lowest BCUT2D eigenvalue weighted by Crippen LogP contribution is -2.30. The first-order chi connectivity index (χ1) is 8.52. The molecule has 7 heteroatoms. The molecule has 0 amide bonds. The van der Waals surface area contributed by atoms with E-state index in [9.17, 15) is 8.42 Å². The third-order valence-electron chi connectivity index (χ3n) is 2.31. The normalized spacial score (nSPS) is 11.9. The van der Waals surface area contributed by atoms with E-state index in [4.69, 9.17) is 4.42 Å². The van der Waals surface area contributed by atoms with Gasteiger partial charge in [0.25, 0.3) is 10.2 Å². The maximum absolute atomic E-state index is 11.7. The molecule has 1 heterocycles. The van der Waals surface area contributed by atoms with E-state index in [1.165, 1.54) is 0 Å². The second-order valence-electron chi connectivity index (χ2n) is 3.89. The summed E-state index contributed by atoms with van der Waals surface area (Å²) in [6.45, 7) is 4.00. The van der Waals surface area contributed by atoms with Gasteiger partial charge in [0.1, 0.15) is 5.52 Å². The first kappa shape index (κ1) is 12.8. The van der Waals surface area contributed by atoms with Crippen LogP contribution in [0.3, 0.4) is 0 Å². The monoisotopic (exact) mass is 269 g/mol. The lowest BCUT2D eigenvalue weighted by Gasteiger charge is -2.08. The van der Waals surface area contributed by atoms with Gasteiger partial charge in [0, 0.05) is 13.5 Å². The van der Waals surface area contributed by atoms with Crippen LogP contribution in [-0.4, -0.2) is 19.9 Å². The van der Waals surface area contributed by atoms with Crippen LogP contribution in [0.4, 0.5) is 5.69 Å². The van der Waals surface area contributed by atoms with Crippen LogP contribution in [0.1, 0.15) is 19.2 Å². The molecule has 98 valence electrons. The van der Waals surface area contributed by atoms with Crippen LogP contribution in [0.2, 0.25) is 0 Å². The minimum atomic E-state index is -3.57. The molecule has 0 unspecified atom stereocenters. The van der Waals surface area contributed by atoms with E-state index in [1.807, 2.05) is 6.92 Å². The molecule has 0 radical (unpaired) electrons. The number of aryl methyl sites for hydroxylation is 1. The highest BCUT2D eigenvalue weighted by atomic mass is 32.2. The van der Waals surface area contributed by atoms with Gasteiger partial charge >= 0.3 is 0 Å². The molecule has 0 saturated carbocycles. The van der Waals surface area contributed by atoms with Crippen molar-refractivity contribution >= 4 is 27.0 Å². The number of hydrogen-bond donors (Lipinski definition) is 2. The molecule has 2 aromatic rings. The van der Waals surface area contributed by atoms with Gasteiger partial charge in [-0.1, -0.05) is 13.0 Å². The first-order valence-electron chi connectivity index (χ1n) is 5.65. The molecule has 0 saturated heterocycles. The van der Waals surface area contributed by atoms with Crippen LogP contribution in [0, 0.1) is 6.92 Å². The predicted octanol–water partition coefficient (Wildman–Crippen LogP) is 1.79. The van der Waals surface area contributed by atoms with E-state index in [0.29, 0.717) is 29.2 Å². The Kier molecular flexibility index (Phi) is 3.53. The van der Waals surface area contributed by atoms with Gasteiger partial charge in [0.05, 0.1) is 5.69 Å². The number of anilines is 1. The van der Waals surface area contributed by atoms with Crippen LogP contribution >= 0.6 is 0 Å². The van der Waals surface area contributed by atoms with Crippen LogP contribution in [0.15, 0.2) is 22.6 Å². The average molecular weight is 269 g/mol. The van der Waals surface area contributed by atoms with Gasteiger partial charge in [0.15, 0.2) is 11.5 Å². The van der Waals surface area contributed by atoms with Crippen LogP contribution in [0.5, 0.6) is 0 Å². The number of rotatable bonds is 5. The molecule has 0 aliphatic heterocycles. The quantitative estimate of drug-likeness (QED) is 0.866. The second-order valence-corrected chi connectivity index (χ2v) is 5.39. The number of benzene rings is 1. The van der Waals surface area contributed by atoms with E-state index in [1.54, 1.807) is 25.1 Å².